The van der Waals surface area contributed by atoms with E-state index in [4.69, 9.17) is 5.73 Å². The summed E-state index contributed by atoms with van der Waals surface area (Å²) in [4.78, 5) is 2.42. The van der Waals surface area contributed by atoms with Crippen LogP contribution in [0.5, 0.6) is 0 Å². The maximum absolute atomic E-state index is 5.82. The molecule has 0 atom stereocenters. The van der Waals surface area contributed by atoms with E-state index in [0.29, 0.717) is 6.54 Å². The van der Waals surface area contributed by atoms with Gasteiger partial charge in [0.25, 0.3) is 0 Å². The average Bonchev–Trinajstić information content (AvgIpc) is 2.30. The van der Waals surface area contributed by atoms with Gasteiger partial charge in [-0.3, -0.25) is 0 Å². The standard InChI is InChI=1S/C13H20BrN3/c1-13(2,8-15)9-17-6-5-16-11-4-3-10(14)7-12(11)17/h3-4,7,16H,5-6,8-9,15H2,1-2H3. The molecule has 1 aliphatic heterocycles. The van der Waals surface area contributed by atoms with E-state index in [1.54, 1.807) is 0 Å². The summed E-state index contributed by atoms with van der Waals surface area (Å²) in [6, 6.07) is 6.37. The average molecular weight is 298 g/mol. The van der Waals surface area contributed by atoms with Crippen LogP contribution in [0.1, 0.15) is 13.8 Å². The summed E-state index contributed by atoms with van der Waals surface area (Å²) in [6.07, 6.45) is 0. The lowest BCUT2D eigenvalue weighted by molar-refractivity contribution is 0.378. The Morgan fingerprint density at radius 2 is 2.24 bits per heavy atom. The zero-order valence-electron chi connectivity index (χ0n) is 10.5. The van der Waals surface area contributed by atoms with Crippen molar-refractivity contribution in [2.24, 2.45) is 11.1 Å². The first-order valence-electron chi connectivity index (χ1n) is 6.00. The Morgan fingerprint density at radius 1 is 1.47 bits per heavy atom. The van der Waals surface area contributed by atoms with Gasteiger partial charge in [0.2, 0.25) is 0 Å². The summed E-state index contributed by atoms with van der Waals surface area (Å²) >= 11 is 3.54. The molecule has 0 saturated heterocycles. The van der Waals surface area contributed by atoms with Gasteiger partial charge in [-0.25, -0.2) is 0 Å². The summed E-state index contributed by atoms with van der Waals surface area (Å²) in [6.45, 7) is 8.16. The summed E-state index contributed by atoms with van der Waals surface area (Å²) in [5, 5.41) is 3.43. The third-order valence-electron chi connectivity index (χ3n) is 3.17. The number of hydrogen-bond donors (Lipinski definition) is 2. The van der Waals surface area contributed by atoms with Crippen LogP contribution in [0.15, 0.2) is 22.7 Å². The van der Waals surface area contributed by atoms with Gasteiger partial charge in [0.05, 0.1) is 11.4 Å². The number of nitrogens with two attached hydrogens (primary N) is 1. The van der Waals surface area contributed by atoms with Crippen LogP contribution >= 0.6 is 15.9 Å². The van der Waals surface area contributed by atoms with Gasteiger partial charge < -0.3 is 16.0 Å². The highest BCUT2D eigenvalue weighted by atomic mass is 79.9. The Kier molecular flexibility index (Phi) is 3.64. The quantitative estimate of drug-likeness (QED) is 0.901. The fraction of sp³-hybridized carbons (Fsp3) is 0.538. The number of nitrogens with zero attached hydrogens (tertiary/aromatic N) is 1. The molecular weight excluding hydrogens is 278 g/mol. The molecule has 1 aromatic carbocycles. The molecule has 0 bridgehead atoms. The van der Waals surface area contributed by atoms with E-state index in [1.807, 2.05) is 0 Å². The summed E-state index contributed by atoms with van der Waals surface area (Å²) in [5.41, 5.74) is 8.46. The molecule has 1 aromatic rings. The van der Waals surface area contributed by atoms with Crippen molar-refractivity contribution < 1.29 is 0 Å². The van der Waals surface area contributed by atoms with Crippen molar-refractivity contribution in [3.63, 3.8) is 0 Å². The number of benzene rings is 1. The molecule has 0 aromatic heterocycles. The molecule has 4 heteroatoms. The third kappa shape index (κ3) is 2.93. The molecule has 0 amide bonds. The molecule has 0 fully saturated rings. The van der Waals surface area contributed by atoms with E-state index in [2.05, 4.69) is 58.2 Å². The first kappa shape index (κ1) is 12.7. The summed E-state index contributed by atoms with van der Waals surface area (Å²) in [5.74, 6) is 0. The van der Waals surface area contributed by atoms with E-state index in [-0.39, 0.29) is 5.41 Å². The van der Waals surface area contributed by atoms with E-state index in [0.717, 1.165) is 24.1 Å². The van der Waals surface area contributed by atoms with Crippen molar-refractivity contribution >= 4 is 27.3 Å². The van der Waals surface area contributed by atoms with Gasteiger partial charge in [0, 0.05) is 24.1 Å². The number of anilines is 2. The van der Waals surface area contributed by atoms with Crippen LogP contribution < -0.4 is 16.0 Å². The lowest BCUT2D eigenvalue weighted by atomic mass is 9.92. The van der Waals surface area contributed by atoms with Crippen molar-refractivity contribution in [3.8, 4) is 0 Å². The maximum Gasteiger partial charge on any atom is 0.0614 e. The minimum absolute atomic E-state index is 0.150. The smallest absolute Gasteiger partial charge is 0.0614 e. The minimum Gasteiger partial charge on any atom is -0.382 e. The zero-order chi connectivity index (χ0) is 12.5. The van der Waals surface area contributed by atoms with Crippen molar-refractivity contribution in [1.29, 1.82) is 0 Å². The lowest BCUT2D eigenvalue weighted by Gasteiger charge is -2.37. The molecule has 17 heavy (non-hydrogen) atoms. The summed E-state index contributed by atoms with van der Waals surface area (Å²) in [7, 11) is 0. The number of rotatable bonds is 3. The lowest BCUT2D eigenvalue weighted by Crippen LogP contribution is -2.43. The van der Waals surface area contributed by atoms with Gasteiger partial charge in [-0.1, -0.05) is 29.8 Å². The molecule has 0 saturated carbocycles. The number of halogens is 1. The molecule has 1 aliphatic rings. The topological polar surface area (TPSA) is 41.3 Å². The zero-order valence-corrected chi connectivity index (χ0v) is 12.0. The second-order valence-electron chi connectivity index (χ2n) is 5.38. The summed E-state index contributed by atoms with van der Waals surface area (Å²) < 4.78 is 1.12. The van der Waals surface area contributed by atoms with Crippen LogP contribution in [0.2, 0.25) is 0 Å². The van der Waals surface area contributed by atoms with Crippen molar-refractivity contribution in [2.45, 2.75) is 13.8 Å². The molecular formula is C13H20BrN3. The van der Waals surface area contributed by atoms with Gasteiger partial charge in [-0.15, -0.1) is 0 Å². The van der Waals surface area contributed by atoms with Gasteiger partial charge in [0.15, 0.2) is 0 Å². The maximum atomic E-state index is 5.82. The molecule has 0 spiro atoms. The number of hydrogen-bond acceptors (Lipinski definition) is 3. The molecule has 2 rings (SSSR count). The Bertz CT molecular complexity index is 404. The highest BCUT2D eigenvalue weighted by molar-refractivity contribution is 9.10. The first-order valence-corrected chi connectivity index (χ1v) is 6.79. The number of nitrogens with one attached hydrogen (secondary N) is 1. The molecule has 0 radical (unpaired) electrons. The Morgan fingerprint density at radius 3 is 2.94 bits per heavy atom. The molecule has 3 N–H and O–H groups in total. The molecule has 3 nitrogen and oxygen atoms in total. The third-order valence-corrected chi connectivity index (χ3v) is 3.66. The van der Waals surface area contributed by atoms with Crippen LogP contribution in [0.25, 0.3) is 0 Å². The van der Waals surface area contributed by atoms with Crippen LogP contribution in [-0.4, -0.2) is 26.2 Å². The second-order valence-corrected chi connectivity index (χ2v) is 6.29. The Hall–Kier alpha value is -0.740. The fourth-order valence-electron chi connectivity index (χ4n) is 2.11. The predicted molar refractivity (Wildman–Crippen MR) is 77.7 cm³/mol. The first-order chi connectivity index (χ1) is 8.02. The molecule has 0 unspecified atom stereocenters. The van der Waals surface area contributed by atoms with Crippen molar-refractivity contribution in [2.75, 3.05) is 36.4 Å². The van der Waals surface area contributed by atoms with Crippen LogP contribution in [0.3, 0.4) is 0 Å². The van der Waals surface area contributed by atoms with Crippen molar-refractivity contribution in [3.05, 3.63) is 22.7 Å². The highest BCUT2D eigenvalue weighted by Crippen LogP contribution is 2.33. The van der Waals surface area contributed by atoms with Gasteiger partial charge in [0.1, 0.15) is 0 Å². The van der Waals surface area contributed by atoms with Crippen LogP contribution in [0, 0.1) is 5.41 Å². The van der Waals surface area contributed by atoms with E-state index in [1.165, 1.54) is 11.4 Å². The van der Waals surface area contributed by atoms with E-state index in [9.17, 15) is 0 Å². The minimum atomic E-state index is 0.150. The molecule has 94 valence electrons. The van der Waals surface area contributed by atoms with Gasteiger partial charge in [-0.2, -0.15) is 0 Å². The SMILES string of the molecule is CC(C)(CN)CN1CCNc2ccc(Br)cc21. The fourth-order valence-corrected chi connectivity index (χ4v) is 2.46. The van der Waals surface area contributed by atoms with Crippen molar-refractivity contribution in [1.82, 2.24) is 0 Å². The normalized spacial score (nSPS) is 15.4. The largest absolute Gasteiger partial charge is 0.382 e. The predicted octanol–water partition coefficient (Wildman–Crippen LogP) is 2.67. The second kappa shape index (κ2) is 4.86. The number of fused-ring (bicyclic) bond motifs is 1. The van der Waals surface area contributed by atoms with Gasteiger partial charge in [-0.05, 0) is 30.2 Å². The Balaban J connectivity index is 2.25. The Labute approximate surface area is 111 Å². The van der Waals surface area contributed by atoms with E-state index >= 15 is 0 Å². The molecule has 0 aliphatic carbocycles. The van der Waals surface area contributed by atoms with Crippen LogP contribution in [-0.2, 0) is 0 Å². The molecule has 1 heterocycles. The van der Waals surface area contributed by atoms with E-state index < -0.39 is 0 Å². The van der Waals surface area contributed by atoms with Gasteiger partial charge >= 0.3 is 0 Å². The monoisotopic (exact) mass is 297 g/mol. The van der Waals surface area contributed by atoms with Crippen LogP contribution in [0.4, 0.5) is 11.4 Å². The highest BCUT2D eigenvalue weighted by Gasteiger charge is 2.24.